The van der Waals surface area contributed by atoms with Crippen molar-refractivity contribution in [2.75, 3.05) is 0 Å². The Hall–Kier alpha value is -1.92. The fraction of sp³-hybridized carbons (Fsp3) is 0. The SMILES string of the molecule is O=c1cc2c(F)c(F)c(F)c(F)c(F)c-2o1. The maximum atomic E-state index is 13.1. The zero-order valence-corrected chi connectivity index (χ0v) is 7.28. The fourth-order valence-electron chi connectivity index (χ4n) is 1.20. The van der Waals surface area contributed by atoms with Crippen molar-refractivity contribution in [3.8, 4) is 11.3 Å². The number of fused-ring (bicyclic) bond motifs is 1. The van der Waals surface area contributed by atoms with Crippen LogP contribution in [0.25, 0.3) is 11.3 Å². The third-order valence-electron chi connectivity index (χ3n) is 1.92. The third kappa shape index (κ3) is 1.28. The average Bonchev–Trinajstić information content (AvgIpc) is 2.63. The summed E-state index contributed by atoms with van der Waals surface area (Å²) in [6.45, 7) is 0. The van der Waals surface area contributed by atoms with Crippen LogP contribution in [0, 0.1) is 29.1 Å². The van der Waals surface area contributed by atoms with E-state index in [-0.39, 0.29) is 0 Å². The van der Waals surface area contributed by atoms with Crippen LogP contribution in [-0.4, -0.2) is 0 Å². The van der Waals surface area contributed by atoms with E-state index in [1.165, 1.54) is 0 Å². The van der Waals surface area contributed by atoms with Gasteiger partial charge in [0.25, 0.3) is 0 Å². The highest BCUT2D eigenvalue weighted by atomic mass is 19.2. The van der Waals surface area contributed by atoms with Gasteiger partial charge in [-0.05, 0) is 0 Å². The van der Waals surface area contributed by atoms with Gasteiger partial charge in [0.1, 0.15) is 0 Å². The lowest BCUT2D eigenvalue weighted by molar-refractivity contribution is 0.396. The monoisotopic (exact) mass is 236 g/mol. The van der Waals surface area contributed by atoms with Crippen molar-refractivity contribution in [3.63, 3.8) is 0 Å². The molecule has 0 aromatic carbocycles. The highest BCUT2D eigenvalue weighted by molar-refractivity contribution is 5.59. The van der Waals surface area contributed by atoms with Crippen LogP contribution in [0.4, 0.5) is 22.0 Å². The second kappa shape index (κ2) is 3.29. The lowest BCUT2D eigenvalue weighted by Gasteiger charge is -1.90. The lowest BCUT2D eigenvalue weighted by Crippen LogP contribution is -1.91. The largest absolute Gasteiger partial charge is 0.419 e. The van der Waals surface area contributed by atoms with Crippen molar-refractivity contribution in [2.45, 2.75) is 0 Å². The summed E-state index contributed by atoms with van der Waals surface area (Å²) in [7, 11) is 0. The van der Waals surface area contributed by atoms with Crippen LogP contribution in [0.1, 0.15) is 0 Å². The number of hydrogen-bond acceptors (Lipinski definition) is 2. The second-order valence-electron chi connectivity index (χ2n) is 2.88. The van der Waals surface area contributed by atoms with Crippen LogP contribution in [-0.2, 0) is 0 Å². The van der Waals surface area contributed by atoms with Gasteiger partial charge in [-0.3, -0.25) is 0 Å². The summed E-state index contributed by atoms with van der Waals surface area (Å²) in [6, 6.07) is 0.399. The van der Waals surface area contributed by atoms with Gasteiger partial charge in [0.05, 0.1) is 5.56 Å². The maximum Gasteiger partial charge on any atom is 0.337 e. The standard InChI is InChI=1S/C9HF5O2/c10-4-2-1-3(15)16-9(2)8(14)7(13)6(12)5(4)11/h1H. The van der Waals surface area contributed by atoms with Crippen LogP contribution >= 0.6 is 0 Å². The number of rotatable bonds is 0. The van der Waals surface area contributed by atoms with Crippen molar-refractivity contribution >= 4 is 0 Å². The highest BCUT2D eigenvalue weighted by Gasteiger charge is 2.28. The third-order valence-corrected chi connectivity index (χ3v) is 1.92. The molecular weight excluding hydrogens is 235 g/mol. The minimum atomic E-state index is -2.31. The minimum absolute atomic E-state index is 0.399. The molecule has 2 nitrogen and oxygen atoms in total. The molecule has 1 aliphatic carbocycles. The van der Waals surface area contributed by atoms with E-state index in [1.54, 1.807) is 0 Å². The molecule has 0 saturated heterocycles. The van der Waals surface area contributed by atoms with Crippen LogP contribution in [0.5, 0.6) is 0 Å². The molecule has 0 amide bonds. The van der Waals surface area contributed by atoms with Crippen molar-refractivity contribution < 1.29 is 26.4 Å². The molecule has 16 heavy (non-hydrogen) atoms. The Kier molecular flexibility index (Phi) is 2.18. The number of furan rings is 1. The molecule has 0 radical (unpaired) electrons. The van der Waals surface area contributed by atoms with E-state index >= 15 is 0 Å². The zero-order chi connectivity index (χ0) is 12.0. The van der Waals surface area contributed by atoms with Gasteiger partial charge >= 0.3 is 5.63 Å². The molecule has 1 aliphatic heterocycles. The highest BCUT2D eigenvalue weighted by Crippen LogP contribution is 2.30. The normalized spacial score (nSPS) is 11.1. The molecule has 84 valence electrons. The van der Waals surface area contributed by atoms with Crippen LogP contribution in [0.15, 0.2) is 15.3 Å². The molecule has 0 fully saturated rings. The molecule has 2 rings (SSSR count). The summed E-state index contributed by atoms with van der Waals surface area (Å²) in [4.78, 5) is 10.7. The minimum Gasteiger partial charge on any atom is -0.419 e. The van der Waals surface area contributed by atoms with Gasteiger partial charge in [0.2, 0.25) is 17.5 Å². The van der Waals surface area contributed by atoms with Crippen molar-refractivity contribution in [1.82, 2.24) is 0 Å². The summed E-state index contributed by atoms with van der Waals surface area (Å²) in [5.41, 5.74) is -2.15. The van der Waals surface area contributed by atoms with E-state index in [0.717, 1.165) is 0 Å². The molecular formula is C9HF5O2. The fourth-order valence-corrected chi connectivity index (χ4v) is 1.20. The predicted octanol–water partition coefficient (Wildman–Crippen LogP) is 2.44. The zero-order valence-electron chi connectivity index (χ0n) is 7.28. The van der Waals surface area contributed by atoms with Crippen LogP contribution in [0.2, 0.25) is 0 Å². The van der Waals surface area contributed by atoms with E-state index in [0.29, 0.717) is 6.07 Å². The number of halogens is 5. The van der Waals surface area contributed by atoms with E-state index in [4.69, 9.17) is 0 Å². The Morgan fingerprint density at radius 3 is 1.94 bits per heavy atom. The van der Waals surface area contributed by atoms with Gasteiger partial charge in [0.15, 0.2) is 17.4 Å². The first kappa shape index (κ1) is 10.6. The summed E-state index contributed by atoms with van der Waals surface area (Å²) in [5.74, 6) is -11.8. The predicted molar refractivity (Wildman–Crippen MR) is 41.4 cm³/mol. The molecule has 0 unspecified atom stereocenters. The molecule has 1 heterocycles. The van der Waals surface area contributed by atoms with Gasteiger partial charge in [-0.25, -0.2) is 22.4 Å². The summed E-state index contributed by atoms with van der Waals surface area (Å²) < 4.78 is 68.7. The first-order valence-corrected chi connectivity index (χ1v) is 3.88. The molecule has 0 bridgehead atoms. The van der Waals surface area contributed by atoms with Crippen LogP contribution in [0.3, 0.4) is 0 Å². The number of hydrogen-bond donors (Lipinski definition) is 0. The van der Waals surface area contributed by atoms with Crippen LogP contribution < -0.4 is 5.63 Å². The quantitative estimate of drug-likeness (QED) is 0.657. The van der Waals surface area contributed by atoms with E-state index in [1.807, 2.05) is 0 Å². The van der Waals surface area contributed by atoms with Gasteiger partial charge in [0, 0.05) is 6.07 Å². The van der Waals surface area contributed by atoms with E-state index in [2.05, 4.69) is 4.42 Å². The summed E-state index contributed by atoms with van der Waals surface area (Å²) in [5, 5.41) is 0. The Morgan fingerprint density at radius 2 is 1.31 bits per heavy atom. The average molecular weight is 236 g/mol. The Balaban J connectivity index is 3.07. The molecule has 0 saturated carbocycles. The first-order valence-electron chi connectivity index (χ1n) is 3.88. The molecule has 0 atom stereocenters. The topological polar surface area (TPSA) is 30.2 Å². The van der Waals surface area contributed by atoms with Gasteiger partial charge in [-0.15, -0.1) is 0 Å². The Bertz CT molecular complexity index is 555. The Morgan fingerprint density at radius 1 is 0.812 bits per heavy atom. The van der Waals surface area contributed by atoms with Gasteiger partial charge < -0.3 is 4.42 Å². The smallest absolute Gasteiger partial charge is 0.337 e. The van der Waals surface area contributed by atoms with Gasteiger partial charge in [-0.1, -0.05) is 0 Å². The molecule has 0 N–H and O–H groups in total. The molecule has 0 aromatic heterocycles. The molecule has 0 aromatic rings. The summed E-state index contributed by atoms with van der Waals surface area (Å²) in [6.07, 6.45) is 0. The van der Waals surface area contributed by atoms with Gasteiger partial charge in [-0.2, -0.15) is 4.39 Å². The van der Waals surface area contributed by atoms with Crippen molar-refractivity contribution in [1.29, 1.82) is 0 Å². The summed E-state index contributed by atoms with van der Waals surface area (Å²) >= 11 is 0. The second-order valence-corrected chi connectivity index (χ2v) is 2.88. The maximum absolute atomic E-state index is 13.1. The van der Waals surface area contributed by atoms with Crippen molar-refractivity contribution in [3.05, 3.63) is 45.6 Å². The molecule has 7 heteroatoms. The Labute approximate surface area is 84.3 Å². The molecule has 0 spiro atoms. The molecule has 2 aliphatic rings. The first-order chi connectivity index (χ1) is 7.43. The van der Waals surface area contributed by atoms with E-state index in [9.17, 15) is 26.7 Å². The van der Waals surface area contributed by atoms with E-state index < -0.39 is 46.0 Å². The lowest BCUT2D eigenvalue weighted by atomic mass is 10.2. The van der Waals surface area contributed by atoms with Crippen molar-refractivity contribution in [2.24, 2.45) is 0 Å².